The third-order valence-corrected chi connectivity index (χ3v) is 3.00. The molecule has 104 valence electrons. The van der Waals surface area contributed by atoms with E-state index in [0.29, 0.717) is 11.8 Å². The van der Waals surface area contributed by atoms with Crippen molar-refractivity contribution in [1.29, 1.82) is 0 Å². The van der Waals surface area contributed by atoms with Gasteiger partial charge in [0.05, 0.1) is 6.61 Å². The Balaban J connectivity index is 2.17. The Bertz CT molecular complexity index is 409. The fourth-order valence-electron chi connectivity index (χ4n) is 2.01. The molecule has 1 fully saturated rings. The Morgan fingerprint density at radius 1 is 1.16 bits per heavy atom. The molecule has 1 saturated heterocycles. The summed E-state index contributed by atoms with van der Waals surface area (Å²) < 4.78 is 10.9. The highest BCUT2D eigenvalue weighted by atomic mass is 16.7. The van der Waals surface area contributed by atoms with Crippen molar-refractivity contribution in [3.8, 4) is 0 Å². The molecule has 0 aliphatic carbocycles. The van der Waals surface area contributed by atoms with Crippen molar-refractivity contribution in [2.24, 2.45) is 0 Å². The Kier molecular flexibility index (Phi) is 4.62. The topological polar surface area (TPSA) is 96.2 Å². The molecule has 1 heterocycles. The molecule has 6 nitrogen and oxygen atoms in total. The van der Waals surface area contributed by atoms with Gasteiger partial charge in [0.25, 0.3) is 0 Å². The molecule has 1 aliphatic heterocycles. The lowest BCUT2D eigenvalue weighted by Gasteiger charge is -2.21. The maximum atomic E-state index is 10.7. The first-order valence-corrected chi connectivity index (χ1v) is 5.95. The van der Waals surface area contributed by atoms with Crippen LogP contribution in [0, 0.1) is 0 Å². The lowest BCUT2D eigenvalue weighted by molar-refractivity contribution is -0.125. The van der Waals surface area contributed by atoms with E-state index in [0.717, 1.165) is 0 Å². The molecule has 5 atom stereocenters. The minimum absolute atomic E-state index is 0.318. The van der Waals surface area contributed by atoms with E-state index >= 15 is 0 Å². The standard InChI is InChI=1S/C13H16O6/c14-6-9(16)11-12(10(17)7-15)19-13(18-11)8-4-2-1-3-5-8/h1-6,9-13,15-17H,7H2/t9-,10+,11+,12+,13?/m0/s1. The number of hydrogen-bond acceptors (Lipinski definition) is 6. The summed E-state index contributed by atoms with van der Waals surface area (Å²) in [6, 6.07) is 8.95. The van der Waals surface area contributed by atoms with Crippen LogP contribution in [0.2, 0.25) is 0 Å². The van der Waals surface area contributed by atoms with Gasteiger partial charge in [-0.3, -0.25) is 0 Å². The van der Waals surface area contributed by atoms with Gasteiger partial charge in [0.1, 0.15) is 24.4 Å². The predicted molar refractivity (Wildman–Crippen MR) is 64.1 cm³/mol. The molecule has 1 aliphatic rings. The van der Waals surface area contributed by atoms with Crippen LogP contribution in [0.1, 0.15) is 11.9 Å². The summed E-state index contributed by atoms with van der Waals surface area (Å²) in [6.45, 7) is -0.544. The Morgan fingerprint density at radius 3 is 2.37 bits per heavy atom. The van der Waals surface area contributed by atoms with E-state index in [4.69, 9.17) is 14.6 Å². The molecule has 2 rings (SSSR count). The zero-order valence-electron chi connectivity index (χ0n) is 10.1. The van der Waals surface area contributed by atoms with Crippen LogP contribution in [-0.2, 0) is 14.3 Å². The van der Waals surface area contributed by atoms with Crippen LogP contribution in [0.25, 0.3) is 0 Å². The van der Waals surface area contributed by atoms with E-state index < -0.39 is 37.3 Å². The largest absolute Gasteiger partial charge is 0.394 e. The molecule has 0 radical (unpaired) electrons. The van der Waals surface area contributed by atoms with Crippen LogP contribution in [0.15, 0.2) is 30.3 Å². The second kappa shape index (κ2) is 6.23. The van der Waals surface area contributed by atoms with Crippen molar-refractivity contribution < 1.29 is 29.6 Å². The average molecular weight is 268 g/mol. The number of hydrogen-bond donors (Lipinski definition) is 3. The molecule has 0 saturated carbocycles. The number of benzene rings is 1. The number of aliphatic hydroxyl groups excluding tert-OH is 3. The van der Waals surface area contributed by atoms with Gasteiger partial charge in [0, 0.05) is 5.56 Å². The third kappa shape index (κ3) is 2.99. The van der Waals surface area contributed by atoms with Gasteiger partial charge < -0.3 is 29.6 Å². The molecule has 0 spiro atoms. The van der Waals surface area contributed by atoms with Gasteiger partial charge in [0.2, 0.25) is 0 Å². The van der Waals surface area contributed by atoms with Gasteiger partial charge in [-0.15, -0.1) is 0 Å². The second-order valence-electron chi connectivity index (χ2n) is 4.32. The molecule has 1 unspecified atom stereocenters. The molecule has 3 N–H and O–H groups in total. The fraction of sp³-hybridized carbons (Fsp3) is 0.462. The molecule has 0 bridgehead atoms. The molecule has 6 heteroatoms. The zero-order valence-corrected chi connectivity index (χ0v) is 10.1. The summed E-state index contributed by atoms with van der Waals surface area (Å²) >= 11 is 0. The minimum Gasteiger partial charge on any atom is -0.394 e. The molecule has 0 aromatic heterocycles. The number of carbonyl (C=O) groups excluding carboxylic acids is 1. The summed E-state index contributed by atoms with van der Waals surface area (Å²) in [4.78, 5) is 10.7. The van der Waals surface area contributed by atoms with Gasteiger partial charge in [-0.05, 0) is 0 Å². The number of aldehydes is 1. The smallest absolute Gasteiger partial charge is 0.185 e. The zero-order chi connectivity index (χ0) is 13.8. The van der Waals surface area contributed by atoms with Gasteiger partial charge in [-0.1, -0.05) is 30.3 Å². The van der Waals surface area contributed by atoms with Crippen LogP contribution >= 0.6 is 0 Å². The lowest BCUT2D eigenvalue weighted by Crippen LogP contribution is -2.44. The van der Waals surface area contributed by atoms with Crippen LogP contribution in [0.5, 0.6) is 0 Å². The molecule has 1 aromatic carbocycles. The van der Waals surface area contributed by atoms with Crippen molar-refractivity contribution in [2.45, 2.75) is 30.7 Å². The van der Waals surface area contributed by atoms with Crippen molar-refractivity contribution in [3.63, 3.8) is 0 Å². The Hall–Kier alpha value is -1.31. The first-order valence-electron chi connectivity index (χ1n) is 5.95. The summed E-state index contributed by atoms with van der Waals surface area (Å²) in [5.74, 6) is 0. The normalized spacial score (nSPS) is 29.9. The highest BCUT2D eigenvalue weighted by Gasteiger charge is 2.44. The quantitative estimate of drug-likeness (QED) is 0.616. The molecule has 0 amide bonds. The monoisotopic (exact) mass is 268 g/mol. The van der Waals surface area contributed by atoms with Crippen molar-refractivity contribution >= 4 is 6.29 Å². The summed E-state index contributed by atoms with van der Waals surface area (Å²) in [6.07, 6.45) is -5.08. The molecular formula is C13H16O6. The van der Waals surface area contributed by atoms with Gasteiger partial charge >= 0.3 is 0 Å². The van der Waals surface area contributed by atoms with Crippen LogP contribution in [0.4, 0.5) is 0 Å². The van der Waals surface area contributed by atoms with E-state index in [9.17, 15) is 15.0 Å². The summed E-state index contributed by atoms with van der Waals surface area (Å²) in [7, 11) is 0. The maximum absolute atomic E-state index is 10.7. The lowest BCUT2D eigenvalue weighted by atomic mass is 10.0. The fourth-order valence-corrected chi connectivity index (χ4v) is 2.01. The summed E-state index contributed by atoms with van der Waals surface area (Å²) in [5.41, 5.74) is 0.707. The Labute approximate surface area is 110 Å². The predicted octanol–water partition coefficient (Wildman–Crippen LogP) is -0.618. The SMILES string of the molecule is O=C[C@H](O)[C@H]1OC(c2ccccc2)O[C@@H]1[C@H](O)CO. The van der Waals surface area contributed by atoms with E-state index in [1.165, 1.54) is 0 Å². The molecule has 1 aromatic rings. The molecular weight excluding hydrogens is 252 g/mol. The van der Waals surface area contributed by atoms with Crippen LogP contribution in [-0.4, -0.2) is 52.6 Å². The first kappa shape index (κ1) is 14.1. The van der Waals surface area contributed by atoms with Crippen molar-refractivity contribution in [3.05, 3.63) is 35.9 Å². The molecule has 19 heavy (non-hydrogen) atoms. The first-order chi connectivity index (χ1) is 9.17. The van der Waals surface area contributed by atoms with E-state index in [1.54, 1.807) is 24.3 Å². The van der Waals surface area contributed by atoms with Gasteiger partial charge in [-0.2, -0.15) is 0 Å². The highest BCUT2D eigenvalue weighted by Crippen LogP contribution is 2.33. The average Bonchev–Trinajstić information content (AvgIpc) is 2.91. The van der Waals surface area contributed by atoms with Crippen molar-refractivity contribution in [2.75, 3.05) is 6.61 Å². The third-order valence-electron chi connectivity index (χ3n) is 3.00. The van der Waals surface area contributed by atoms with Crippen molar-refractivity contribution in [1.82, 2.24) is 0 Å². The van der Waals surface area contributed by atoms with Crippen LogP contribution in [0.3, 0.4) is 0 Å². The van der Waals surface area contributed by atoms with Gasteiger partial charge in [0.15, 0.2) is 12.6 Å². The second-order valence-corrected chi connectivity index (χ2v) is 4.32. The van der Waals surface area contributed by atoms with E-state index in [-0.39, 0.29) is 0 Å². The van der Waals surface area contributed by atoms with E-state index in [1.807, 2.05) is 6.07 Å². The summed E-state index contributed by atoms with van der Waals surface area (Å²) in [5, 5.41) is 28.2. The number of aliphatic hydroxyl groups is 3. The minimum atomic E-state index is -1.42. The number of carbonyl (C=O) groups is 1. The number of rotatable bonds is 5. The maximum Gasteiger partial charge on any atom is 0.185 e. The van der Waals surface area contributed by atoms with Crippen LogP contribution < -0.4 is 0 Å². The van der Waals surface area contributed by atoms with E-state index in [2.05, 4.69) is 0 Å². The number of ether oxygens (including phenoxy) is 2. The highest BCUT2D eigenvalue weighted by molar-refractivity contribution is 5.57. The Morgan fingerprint density at radius 2 is 1.79 bits per heavy atom. The van der Waals surface area contributed by atoms with Gasteiger partial charge in [-0.25, -0.2) is 0 Å².